The van der Waals surface area contributed by atoms with E-state index in [2.05, 4.69) is 6.92 Å². The molecule has 1 amide bonds. The highest BCUT2D eigenvalue weighted by molar-refractivity contribution is 6.10. The molecule has 0 spiro atoms. The summed E-state index contributed by atoms with van der Waals surface area (Å²) in [6.45, 7) is 10.8. The van der Waals surface area contributed by atoms with Gasteiger partial charge in [-0.15, -0.1) is 0 Å². The maximum absolute atomic E-state index is 13.9. The van der Waals surface area contributed by atoms with Gasteiger partial charge in [0.1, 0.15) is 11.3 Å². The summed E-state index contributed by atoms with van der Waals surface area (Å²) in [6.07, 6.45) is 2.05. The first-order chi connectivity index (χ1) is 17.3. The van der Waals surface area contributed by atoms with E-state index in [1.807, 2.05) is 82.3 Å². The molecule has 0 aliphatic carbocycles. The number of nitrogens with zero attached hydrogens (tertiary/aromatic N) is 1. The fourth-order valence-corrected chi connectivity index (χ4v) is 4.77. The Kier molecular flexibility index (Phi) is 6.17. The van der Waals surface area contributed by atoms with E-state index in [0.29, 0.717) is 23.1 Å². The van der Waals surface area contributed by atoms with Crippen LogP contribution < -0.4 is 15.1 Å². The van der Waals surface area contributed by atoms with Gasteiger partial charge in [0.05, 0.1) is 23.6 Å². The van der Waals surface area contributed by atoms with E-state index >= 15 is 0 Å². The first-order valence-corrected chi connectivity index (χ1v) is 12.5. The number of anilines is 1. The van der Waals surface area contributed by atoms with E-state index in [1.54, 1.807) is 4.90 Å². The number of carbonyl (C=O) groups excluding carboxylic acids is 1. The highest BCUT2D eigenvalue weighted by Gasteiger charge is 2.43. The Morgan fingerprint density at radius 2 is 1.56 bits per heavy atom. The second-order valence-corrected chi connectivity index (χ2v) is 9.72. The number of rotatable bonds is 6. The average Bonchev–Trinajstić information content (AvgIpc) is 3.15. The number of unbranched alkanes of at least 4 members (excludes halogenated alkanes) is 1. The molecule has 0 fully saturated rings. The highest BCUT2D eigenvalue weighted by Crippen LogP contribution is 2.42. The summed E-state index contributed by atoms with van der Waals surface area (Å²) in [7, 11) is 0. The van der Waals surface area contributed by atoms with Crippen molar-refractivity contribution in [2.45, 2.75) is 53.5 Å². The second-order valence-electron chi connectivity index (χ2n) is 9.72. The van der Waals surface area contributed by atoms with Crippen LogP contribution in [0.4, 0.5) is 5.69 Å². The Labute approximate surface area is 211 Å². The molecule has 1 aromatic heterocycles. The Morgan fingerprint density at radius 1 is 0.861 bits per heavy atom. The van der Waals surface area contributed by atoms with E-state index in [1.165, 1.54) is 0 Å². The topological polar surface area (TPSA) is 59.8 Å². The third-order valence-electron chi connectivity index (χ3n) is 7.22. The Balaban J connectivity index is 1.70. The maximum Gasteiger partial charge on any atom is 0.295 e. The molecule has 1 aliphatic heterocycles. The van der Waals surface area contributed by atoms with Crippen LogP contribution in [0.2, 0.25) is 0 Å². The van der Waals surface area contributed by atoms with Crippen molar-refractivity contribution >= 4 is 22.6 Å². The number of benzene rings is 3. The molecule has 2 heterocycles. The molecule has 5 heteroatoms. The largest absolute Gasteiger partial charge is 0.494 e. The first-order valence-electron chi connectivity index (χ1n) is 12.5. The Bertz CT molecular complexity index is 1530. The van der Waals surface area contributed by atoms with Gasteiger partial charge in [0.15, 0.2) is 5.43 Å². The number of amides is 1. The molecule has 0 N–H and O–H groups in total. The lowest BCUT2D eigenvalue weighted by atomic mass is 9.97. The molecule has 0 saturated heterocycles. The highest BCUT2D eigenvalue weighted by atomic mass is 16.5. The number of carbonyl (C=O) groups is 1. The van der Waals surface area contributed by atoms with Gasteiger partial charge in [-0.3, -0.25) is 14.5 Å². The van der Waals surface area contributed by atoms with Crippen molar-refractivity contribution in [2.24, 2.45) is 0 Å². The molecule has 1 atom stereocenters. The molecule has 0 bridgehead atoms. The molecule has 1 aliphatic rings. The zero-order chi connectivity index (χ0) is 25.6. The molecule has 184 valence electrons. The van der Waals surface area contributed by atoms with E-state index < -0.39 is 6.04 Å². The van der Waals surface area contributed by atoms with Gasteiger partial charge in [-0.25, -0.2) is 0 Å². The quantitative estimate of drug-likeness (QED) is 0.280. The summed E-state index contributed by atoms with van der Waals surface area (Å²) >= 11 is 0. The molecular weight excluding hydrogens is 450 g/mol. The fraction of sp³-hybridized carbons (Fsp3) is 0.290. The minimum atomic E-state index is -0.596. The van der Waals surface area contributed by atoms with Crippen LogP contribution in [0.3, 0.4) is 0 Å². The van der Waals surface area contributed by atoms with Gasteiger partial charge in [0.25, 0.3) is 5.91 Å². The third kappa shape index (κ3) is 3.98. The van der Waals surface area contributed by atoms with Gasteiger partial charge < -0.3 is 9.15 Å². The van der Waals surface area contributed by atoms with Crippen LogP contribution in [0, 0.1) is 27.7 Å². The van der Waals surface area contributed by atoms with Crippen molar-refractivity contribution in [3.8, 4) is 5.75 Å². The molecule has 1 unspecified atom stereocenters. The summed E-state index contributed by atoms with van der Waals surface area (Å²) in [5, 5.41) is 0.496. The van der Waals surface area contributed by atoms with Gasteiger partial charge in [-0.05, 0) is 98.3 Å². The smallest absolute Gasteiger partial charge is 0.295 e. The molecule has 0 saturated carbocycles. The van der Waals surface area contributed by atoms with Gasteiger partial charge in [-0.2, -0.15) is 0 Å². The normalized spacial score (nSPS) is 15.0. The van der Waals surface area contributed by atoms with Crippen LogP contribution in [0.15, 0.2) is 63.8 Å². The van der Waals surface area contributed by atoms with Crippen molar-refractivity contribution in [1.29, 1.82) is 0 Å². The molecule has 5 nitrogen and oxygen atoms in total. The minimum absolute atomic E-state index is 0.113. The SMILES string of the molecule is CCCCOc1ccc(C2c3c(oc4cc(C)c(C)cc4c3=O)C(=O)N2c2ccc(C)c(C)c2)cc1. The van der Waals surface area contributed by atoms with Crippen molar-refractivity contribution in [3.63, 3.8) is 0 Å². The lowest BCUT2D eigenvalue weighted by molar-refractivity contribution is 0.0971. The molecular formula is C31H31NO4. The number of aryl methyl sites for hydroxylation is 4. The molecule has 0 radical (unpaired) electrons. The van der Waals surface area contributed by atoms with Crippen molar-refractivity contribution in [3.05, 3.63) is 104 Å². The fourth-order valence-electron chi connectivity index (χ4n) is 4.77. The number of fused-ring (bicyclic) bond motifs is 2. The van der Waals surface area contributed by atoms with E-state index in [4.69, 9.17) is 9.15 Å². The lowest BCUT2D eigenvalue weighted by Crippen LogP contribution is -2.29. The summed E-state index contributed by atoms with van der Waals surface area (Å²) in [5.41, 5.74) is 6.46. The Morgan fingerprint density at radius 3 is 2.25 bits per heavy atom. The maximum atomic E-state index is 13.9. The van der Waals surface area contributed by atoms with Gasteiger partial charge >= 0.3 is 0 Å². The van der Waals surface area contributed by atoms with Crippen LogP contribution in [-0.4, -0.2) is 12.5 Å². The van der Waals surface area contributed by atoms with Crippen LogP contribution in [0.1, 0.15) is 69.7 Å². The van der Waals surface area contributed by atoms with Crippen LogP contribution in [0.5, 0.6) is 5.75 Å². The minimum Gasteiger partial charge on any atom is -0.494 e. The molecule has 4 aromatic rings. The number of hydrogen-bond donors (Lipinski definition) is 0. The summed E-state index contributed by atoms with van der Waals surface area (Å²) in [4.78, 5) is 29.4. The van der Waals surface area contributed by atoms with E-state index in [0.717, 1.165) is 52.1 Å². The van der Waals surface area contributed by atoms with Gasteiger partial charge in [0, 0.05) is 5.69 Å². The number of ether oxygens (including phenoxy) is 1. The standard InChI is InChI=1S/C31H31NO4/c1-6-7-14-35-24-12-9-22(10-13-24)28-27-29(33)25-16-20(4)21(5)17-26(25)36-30(27)31(34)32(28)23-11-8-18(2)19(3)15-23/h8-13,15-17,28H,6-7,14H2,1-5H3. The second kappa shape index (κ2) is 9.30. The molecule has 5 rings (SSSR count). The van der Waals surface area contributed by atoms with E-state index in [-0.39, 0.29) is 17.1 Å². The van der Waals surface area contributed by atoms with Crippen LogP contribution in [-0.2, 0) is 0 Å². The van der Waals surface area contributed by atoms with E-state index in [9.17, 15) is 9.59 Å². The van der Waals surface area contributed by atoms with Crippen LogP contribution in [0.25, 0.3) is 11.0 Å². The zero-order valence-electron chi connectivity index (χ0n) is 21.5. The van der Waals surface area contributed by atoms with Gasteiger partial charge in [-0.1, -0.05) is 31.5 Å². The van der Waals surface area contributed by atoms with Crippen LogP contribution >= 0.6 is 0 Å². The molecule has 36 heavy (non-hydrogen) atoms. The lowest BCUT2D eigenvalue weighted by Gasteiger charge is -2.26. The third-order valence-corrected chi connectivity index (χ3v) is 7.22. The predicted molar refractivity (Wildman–Crippen MR) is 143 cm³/mol. The number of hydrogen-bond acceptors (Lipinski definition) is 4. The van der Waals surface area contributed by atoms with Crippen molar-refractivity contribution < 1.29 is 13.9 Å². The first kappa shape index (κ1) is 23.9. The van der Waals surface area contributed by atoms with Gasteiger partial charge in [0.2, 0.25) is 5.76 Å². The zero-order valence-corrected chi connectivity index (χ0v) is 21.5. The molecule has 3 aromatic carbocycles. The van der Waals surface area contributed by atoms with Crippen molar-refractivity contribution in [1.82, 2.24) is 0 Å². The van der Waals surface area contributed by atoms with Crippen molar-refractivity contribution in [2.75, 3.05) is 11.5 Å². The summed E-state index contributed by atoms with van der Waals surface area (Å²) < 4.78 is 12.0. The summed E-state index contributed by atoms with van der Waals surface area (Å²) in [5.74, 6) is 0.576. The monoisotopic (exact) mass is 481 g/mol. The Hall–Kier alpha value is -3.86. The predicted octanol–water partition coefficient (Wildman–Crippen LogP) is 6.96. The summed E-state index contributed by atoms with van der Waals surface area (Å²) in [6, 6.07) is 16.7. The average molecular weight is 482 g/mol.